The first-order valence-corrected chi connectivity index (χ1v) is 30.2. The van der Waals surface area contributed by atoms with Gasteiger partial charge < -0.3 is 82.8 Å². The lowest BCUT2D eigenvalue weighted by Crippen LogP contribution is -2.67. The molecular weight excluding hydrogens is 1260 g/mol. The van der Waals surface area contributed by atoms with Crippen molar-refractivity contribution in [1.29, 1.82) is 0 Å². The van der Waals surface area contributed by atoms with Crippen molar-refractivity contribution in [2.24, 2.45) is 0 Å². The number of amides is 4. The molecule has 0 aromatic carbocycles. The number of rotatable bonds is 38. The summed E-state index contributed by atoms with van der Waals surface area (Å²) >= 11 is 0. The minimum Gasteiger partial charge on any atom is -0.481 e. The molecule has 3 heterocycles. The number of carbonyl (C=O) groups excluding carboxylic acids is 13. The van der Waals surface area contributed by atoms with Gasteiger partial charge in [0, 0.05) is 135 Å². The second-order valence-electron chi connectivity index (χ2n) is 21.8. The molecule has 0 spiro atoms. The zero-order valence-electron chi connectivity index (χ0n) is 54.7. The van der Waals surface area contributed by atoms with Crippen LogP contribution in [-0.2, 0) is 138 Å². The Hall–Kier alpha value is -7.78. The molecule has 37 heteroatoms. The van der Waals surface area contributed by atoms with E-state index in [0.717, 1.165) is 83.1 Å². The van der Waals surface area contributed by atoms with Crippen LogP contribution < -0.4 is 26.9 Å². The van der Waals surface area contributed by atoms with Crippen LogP contribution in [-0.4, -0.2) is 249 Å². The van der Waals surface area contributed by atoms with Gasteiger partial charge >= 0.3 is 59.7 Å². The monoisotopic (exact) mass is 1350 g/mol. The minimum absolute atomic E-state index is 0.00809. The molecule has 3 rings (SSSR count). The van der Waals surface area contributed by atoms with Crippen LogP contribution in [0.4, 0.5) is 0 Å². The third-order valence-corrected chi connectivity index (χ3v) is 13.5. The number of carboxylic acids is 1. The molecule has 3 aliphatic heterocycles. The number of carboxylic acid groups (broad SMARTS) is 1. The molecular formula is C57H89N7O30. The van der Waals surface area contributed by atoms with E-state index >= 15 is 0 Å². The topological polar surface area (TPSA) is 464 Å². The molecule has 4 amide bonds. The van der Waals surface area contributed by atoms with E-state index in [1.165, 1.54) is 9.96 Å². The fourth-order valence-electron chi connectivity index (χ4n) is 9.99. The molecule has 0 aliphatic carbocycles. The summed E-state index contributed by atoms with van der Waals surface area (Å²) in [5.74, 6) is -10.7. The van der Waals surface area contributed by atoms with Gasteiger partial charge in [-0.05, 0) is 32.1 Å². The number of hydrogen-bond acceptors (Lipinski definition) is 32. The molecule has 6 N–H and O–H groups in total. The SMILES string of the molecule is CC(=O)NC1C(OC(C)=O)[C@@H](OC(C)=O)C(COC(C)=O)O[C@H]1ONCCCN(CCCN(CCCNO[C@@H]1OC(COC(C)=O)[C@H](OC(C)=O)C(OC(C)=O)[C@@H]1NC(C)=O)C(=O)CCCCC(=O)O)O[C@@H]1OC(COC(C)=O)[C@H](OC(C)=O)C(OC(C)=O)C1NC(C)=O. The third-order valence-electron chi connectivity index (χ3n) is 13.5. The fourth-order valence-corrected chi connectivity index (χ4v) is 9.99. The molecule has 0 radical (unpaired) electrons. The molecule has 0 saturated carbocycles. The van der Waals surface area contributed by atoms with E-state index in [1.54, 1.807) is 0 Å². The van der Waals surface area contributed by atoms with Gasteiger partial charge in [0.05, 0.1) is 0 Å². The van der Waals surface area contributed by atoms with E-state index in [2.05, 4.69) is 26.9 Å². The van der Waals surface area contributed by atoms with E-state index in [1.807, 2.05) is 0 Å². The Morgan fingerprint density at radius 2 is 0.681 bits per heavy atom. The van der Waals surface area contributed by atoms with E-state index in [4.69, 9.17) is 71.4 Å². The van der Waals surface area contributed by atoms with Gasteiger partial charge in [-0.25, -0.2) is 0 Å². The number of hydrogen-bond donors (Lipinski definition) is 6. The Balaban J connectivity index is 2.01. The number of nitrogens with one attached hydrogen (secondary N) is 5. The Morgan fingerprint density at radius 1 is 0.372 bits per heavy atom. The van der Waals surface area contributed by atoms with E-state index in [9.17, 15) is 72.2 Å². The average molecular weight is 1350 g/mol. The van der Waals surface area contributed by atoms with Gasteiger partial charge in [0.2, 0.25) is 42.5 Å². The maximum absolute atomic E-state index is 14.0. The maximum Gasteiger partial charge on any atom is 0.303 e. The van der Waals surface area contributed by atoms with Crippen LogP contribution in [0.25, 0.3) is 0 Å². The van der Waals surface area contributed by atoms with Crippen LogP contribution >= 0.6 is 0 Å². The summed E-state index contributed by atoms with van der Waals surface area (Å²) < 4.78 is 67.2. The molecule has 0 bridgehead atoms. The minimum atomic E-state index is -1.62. The van der Waals surface area contributed by atoms with Gasteiger partial charge in [-0.2, -0.15) is 16.0 Å². The van der Waals surface area contributed by atoms with Crippen LogP contribution in [0.5, 0.6) is 0 Å². The quantitative estimate of drug-likeness (QED) is 0.0166. The average Bonchev–Trinajstić information content (AvgIpc) is 0.805. The summed E-state index contributed by atoms with van der Waals surface area (Å²) in [6, 6.07) is -4.10. The molecule has 3 saturated heterocycles. The van der Waals surface area contributed by atoms with Crippen LogP contribution in [0.3, 0.4) is 0 Å². The third kappa shape index (κ3) is 29.7. The van der Waals surface area contributed by atoms with Gasteiger partial charge in [0.1, 0.15) is 56.3 Å². The van der Waals surface area contributed by atoms with Gasteiger partial charge in [-0.3, -0.25) is 81.6 Å². The Morgan fingerprint density at radius 3 is 1.02 bits per heavy atom. The molecule has 8 unspecified atom stereocenters. The lowest BCUT2D eigenvalue weighted by molar-refractivity contribution is -0.342. The van der Waals surface area contributed by atoms with Crippen LogP contribution in [0.1, 0.15) is 128 Å². The lowest BCUT2D eigenvalue weighted by atomic mass is 9.96. The van der Waals surface area contributed by atoms with Crippen LogP contribution in [0, 0.1) is 0 Å². The first-order valence-electron chi connectivity index (χ1n) is 30.2. The van der Waals surface area contributed by atoms with Gasteiger partial charge in [0.15, 0.2) is 36.6 Å². The Bertz CT molecular complexity index is 2600. The van der Waals surface area contributed by atoms with E-state index in [0.29, 0.717) is 0 Å². The van der Waals surface area contributed by atoms with Crippen molar-refractivity contribution in [2.75, 3.05) is 59.1 Å². The number of ether oxygens (including phenoxy) is 12. The van der Waals surface area contributed by atoms with Crippen molar-refractivity contribution in [3.63, 3.8) is 0 Å². The summed E-state index contributed by atoms with van der Waals surface area (Å²) in [5, 5.41) is 18.5. The molecule has 0 aromatic heterocycles. The molecule has 532 valence electrons. The highest BCUT2D eigenvalue weighted by Gasteiger charge is 2.55. The Kier molecular flexibility index (Phi) is 35.2. The molecule has 37 nitrogen and oxygen atoms in total. The molecule has 3 aliphatic rings. The predicted octanol–water partition coefficient (Wildman–Crippen LogP) is -2.13. The van der Waals surface area contributed by atoms with Gasteiger partial charge in [-0.1, -0.05) is 0 Å². The maximum atomic E-state index is 14.0. The number of unbranched alkanes of at least 4 members (excludes halogenated alkanes) is 1. The van der Waals surface area contributed by atoms with Gasteiger partial charge in [-0.15, -0.1) is 0 Å². The summed E-state index contributed by atoms with van der Waals surface area (Å²) in [7, 11) is 0. The molecule has 15 atom stereocenters. The summed E-state index contributed by atoms with van der Waals surface area (Å²) in [5.41, 5.74) is 5.44. The standard InChI is InChI=1S/C57H89N7O30/c1-29(65)60-46-52(86-38(10)74)49(83-35(7)71)41(26-80-32(4)68)89-55(46)92-58-20-15-22-63(44(77)18-13-14-19-45(78)79)23-17-25-64(94-57-48(62-31(3)67)54(88-40(12)76)51(85-37(9)73)43(91-57)28-82-34(6)70)24-16-21-59-93-56-47(61-30(2)66)53(87-39(11)75)50(84-36(8)72)42(90-56)27-81-33(5)69/h41-43,46-59H,13-28H2,1-12H3,(H,60,65)(H,61,66)(H,62,67)(H,78,79)/t41?,42?,43?,46-,47?,48?,49-,50-,51-,52?,53?,54?,55-,56-,57-/m0/s1. The van der Waals surface area contributed by atoms with Crippen molar-refractivity contribution >= 4 is 83.3 Å². The van der Waals surface area contributed by atoms with Crippen molar-refractivity contribution in [3.05, 3.63) is 0 Å². The number of carbonyl (C=O) groups is 14. The molecule has 0 aromatic rings. The fraction of sp³-hybridized carbons (Fsp3) is 0.754. The largest absolute Gasteiger partial charge is 0.481 e. The molecule has 94 heavy (non-hydrogen) atoms. The zero-order chi connectivity index (χ0) is 70.4. The van der Waals surface area contributed by atoms with Crippen molar-refractivity contribution in [1.82, 2.24) is 36.9 Å². The molecule has 3 fully saturated rings. The van der Waals surface area contributed by atoms with E-state index in [-0.39, 0.29) is 84.2 Å². The highest BCUT2D eigenvalue weighted by molar-refractivity contribution is 5.77. The van der Waals surface area contributed by atoms with Gasteiger partial charge in [0.25, 0.3) is 0 Å². The summed E-state index contributed by atoms with van der Waals surface area (Å²) in [4.78, 5) is 194. The summed E-state index contributed by atoms with van der Waals surface area (Å²) in [6.45, 7) is 11.3. The smallest absolute Gasteiger partial charge is 0.303 e. The highest BCUT2D eigenvalue weighted by Crippen LogP contribution is 2.31. The van der Waals surface area contributed by atoms with Crippen molar-refractivity contribution < 1.29 is 144 Å². The second-order valence-corrected chi connectivity index (χ2v) is 21.8. The first kappa shape index (κ1) is 80.5. The summed E-state index contributed by atoms with van der Waals surface area (Å²) in [6.07, 6.45) is -16.9. The highest BCUT2D eigenvalue weighted by atomic mass is 16.8. The van der Waals surface area contributed by atoms with Crippen molar-refractivity contribution in [3.8, 4) is 0 Å². The zero-order valence-corrected chi connectivity index (χ0v) is 54.7. The second kappa shape index (κ2) is 41.1. The number of hydroxylamine groups is 4. The normalized spacial score (nSPS) is 25.6. The number of esters is 9. The number of aliphatic carboxylic acids is 1. The van der Waals surface area contributed by atoms with Crippen LogP contribution in [0.15, 0.2) is 0 Å². The first-order chi connectivity index (χ1) is 44.3. The lowest BCUT2D eigenvalue weighted by Gasteiger charge is -2.45. The van der Waals surface area contributed by atoms with Crippen LogP contribution in [0.2, 0.25) is 0 Å². The van der Waals surface area contributed by atoms with Crippen molar-refractivity contribution in [2.45, 2.75) is 220 Å². The Labute approximate surface area is 541 Å². The predicted molar refractivity (Wildman–Crippen MR) is 309 cm³/mol. The van der Waals surface area contributed by atoms with E-state index < -0.39 is 195 Å². The number of nitrogens with zero attached hydrogens (tertiary/aromatic N) is 2.